The Morgan fingerprint density at radius 3 is 2.35 bits per heavy atom. The molecule has 1 rings (SSSR count). The highest BCUT2D eigenvalue weighted by Gasteiger charge is 2.25. The van der Waals surface area contributed by atoms with Crippen LogP contribution in [0.3, 0.4) is 0 Å². The molecule has 3 heteroatoms. The van der Waals surface area contributed by atoms with Crippen molar-refractivity contribution in [1.82, 2.24) is 5.32 Å². The monoisotopic (exact) mass is 279 g/mol. The van der Waals surface area contributed by atoms with Crippen molar-refractivity contribution in [1.29, 1.82) is 0 Å². The first kappa shape index (κ1) is 17.0. The maximum absolute atomic E-state index is 9.61. The van der Waals surface area contributed by atoms with Gasteiger partial charge in [0.25, 0.3) is 0 Å². The van der Waals surface area contributed by atoms with E-state index in [0.717, 1.165) is 31.6 Å². The van der Waals surface area contributed by atoms with Crippen molar-refractivity contribution in [3.8, 4) is 5.75 Å². The molecule has 0 saturated heterocycles. The van der Waals surface area contributed by atoms with Gasteiger partial charge < -0.3 is 15.2 Å². The Kier molecular flexibility index (Phi) is 7.03. The molecule has 20 heavy (non-hydrogen) atoms. The zero-order chi connectivity index (χ0) is 15.0. The van der Waals surface area contributed by atoms with Crippen LogP contribution in [0.15, 0.2) is 18.2 Å². The average molecular weight is 279 g/mol. The summed E-state index contributed by atoms with van der Waals surface area (Å²) < 4.78 is 5.92. The molecule has 0 aliphatic rings. The normalized spacial score (nSPS) is 14.1. The predicted octanol–water partition coefficient (Wildman–Crippen LogP) is 3.21. The maximum Gasteiger partial charge on any atom is 0.125 e. The first-order chi connectivity index (χ1) is 9.58. The highest BCUT2D eigenvalue weighted by Crippen LogP contribution is 2.23. The molecule has 0 saturated carbocycles. The van der Waals surface area contributed by atoms with Crippen LogP contribution in [0.5, 0.6) is 5.75 Å². The van der Waals surface area contributed by atoms with Gasteiger partial charge in [-0.1, -0.05) is 32.0 Å². The molecule has 1 unspecified atom stereocenters. The Morgan fingerprint density at radius 2 is 1.85 bits per heavy atom. The number of para-hydroxylation sites is 1. The Balaban J connectivity index is 2.48. The van der Waals surface area contributed by atoms with Gasteiger partial charge in [-0.3, -0.25) is 0 Å². The lowest BCUT2D eigenvalue weighted by Crippen LogP contribution is -2.48. The molecule has 2 N–H and O–H groups in total. The van der Waals surface area contributed by atoms with E-state index in [1.165, 1.54) is 11.1 Å². The lowest BCUT2D eigenvalue weighted by molar-refractivity contribution is 0.139. The fraction of sp³-hybridized carbons (Fsp3) is 0.647. The van der Waals surface area contributed by atoms with Crippen molar-refractivity contribution in [3.63, 3.8) is 0 Å². The third-order valence-corrected chi connectivity index (χ3v) is 3.99. The standard InChI is InChI=1S/C17H29NO2/c1-5-17(13-19,18-6-2)11-8-12-20-16-14(3)9-7-10-15(16)4/h7,9-10,18-19H,5-6,8,11-13H2,1-4H3. The third kappa shape index (κ3) is 4.50. The average Bonchev–Trinajstić information content (AvgIpc) is 2.45. The molecule has 0 heterocycles. The molecule has 114 valence electrons. The first-order valence-electron chi connectivity index (χ1n) is 7.63. The van der Waals surface area contributed by atoms with Crippen LogP contribution in [0, 0.1) is 13.8 Å². The summed E-state index contributed by atoms with van der Waals surface area (Å²) >= 11 is 0. The van der Waals surface area contributed by atoms with Gasteiger partial charge in [-0.2, -0.15) is 0 Å². The van der Waals surface area contributed by atoms with Crippen LogP contribution in [-0.4, -0.2) is 30.4 Å². The molecule has 0 spiro atoms. The lowest BCUT2D eigenvalue weighted by Gasteiger charge is -2.31. The minimum Gasteiger partial charge on any atom is -0.493 e. The van der Waals surface area contributed by atoms with E-state index in [2.05, 4.69) is 51.2 Å². The number of rotatable bonds is 9. The number of hydrogen-bond donors (Lipinski definition) is 2. The largest absolute Gasteiger partial charge is 0.493 e. The number of aliphatic hydroxyl groups is 1. The summed E-state index contributed by atoms with van der Waals surface area (Å²) in [6.45, 7) is 10.1. The fourth-order valence-electron chi connectivity index (χ4n) is 2.62. The molecule has 0 bridgehead atoms. The molecular formula is C17H29NO2. The molecule has 0 aliphatic heterocycles. The van der Waals surface area contributed by atoms with Crippen molar-refractivity contribution < 1.29 is 9.84 Å². The van der Waals surface area contributed by atoms with Crippen molar-refractivity contribution in [2.75, 3.05) is 19.8 Å². The minimum atomic E-state index is -0.154. The van der Waals surface area contributed by atoms with Crippen molar-refractivity contribution in [2.45, 2.75) is 52.5 Å². The van der Waals surface area contributed by atoms with E-state index in [1.54, 1.807) is 0 Å². The van der Waals surface area contributed by atoms with E-state index >= 15 is 0 Å². The molecule has 0 amide bonds. The van der Waals surface area contributed by atoms with Gasteiger partial charge in [-0.25, -0.2) is 0 Å². The lowest BCUT2D eigenvalue weighted by atomic mass is 9.91. The van der Waals surface area contributed by atoms with Gasteiger partial charge in [-0.05, 0) is 50.8 Å². The molecule has 1 aromatic carbocycles. The van der Waals surface area contributed by atoms with Gasteiger partial charge in [0, 0.05) is 5.54 Å². The van der Waals surface area contributed by atoms with E-state index < -0.39 is 0 Å². The number of nitrogens with one attached hydrogen (secondary N) is 1. The molecule has 1 aromatic rings. The number of likely N-dealkylation sites (N-methyl/N-ethyl adjacent to an activating group) is 1. The Bertz CT molecular complexity index is 380. The summed E-state index contributed by atoms with van der Waals surface area (Å²) in [5, 5.41) is 13.0. The van der Waals surface area contributed by atoms with Gasteiger partial charge in [0.1, 0.15) is 5.75 Å². The van der Waals surface area contributed by atoms with E-state index in [-0.39, 0.29) is 12.1 Å². The van der Waals surface area contributed by atoms with Gasteiger partial charge in [0.15, 0.2) is 0 Å². The number of ether oxygens (including phenoxy) is 1. The second kappa shape index (κ2) is 8.28. The van der Waals surface area contributed by atoms with E-state index in [1.807, 2.05) is 0 Å². The second-order valence-electron chi connectivity index (χ2n) is 5.50. The molecule has 0 fully saturated rings. The summed E-state index contributed by atoms with van der Waals surface area (Å²) in [4.78, 5) is 0. The molecule has 0 aliphatic carbocycles. The first-order valence-corrected chi connectivity index (χ1v) is 7.63. The molecule has 1 atom stereocenters. The third-order valence-electron chi connectivity index (χ3n) is 3.99. The smallest absolute Gasteiger partial charge is 0.125 e. The fourth-order valence-corrected chi connectivity index (χ4v) is 2.62. The Hall–Kier alpha value is -1.06. The van der Waals surface area contributed by atoms with Crippen LogP contribution in [0.1, 0.15) is 44.2 Å². The molecule has 3 nitrogen and oxygen atoms in total. The quantitative estimate of drug-likeness (QED) is 0.682. The van der Waals surface area contributed by atoms with Crippen molar-refractivity contribution in [3.05, 3.63) is 29.3 Å². The zero-order valence-corrected chi connectivity index (χ0v) is 13.3. The van der Waals surface area contributed by atoms with Gasteiger partial charge in [0.05, 0.1) is 13.2 Å². The van der Waals surface area contributed by atoms with Crippen LogP contribution in [-0.2, 0) is 0 Å². The number of benzene rings is 1. The summed E-state index contributed by atoms with van der Waals surface area (Å²) in [7, 11) is 0. The highest BCUT2D eigenvalue weighted by molar-refractivity contribution is 5.39. The maximum atomic E-state index is 9.61. The highest BCUT2D eigenvalue weighted by atomic mass is 16.5. The molecule has 0 radical (unpaired) electrons. The minimum absolute atomic E-state index is 0.154. The Labute approximate surface area is 123 Å². The number of aryl methyl sites for hydroxylation is 2. The summed E-state index contributed by atoms with van der Waals surface area (Å²) in [6.07, 6.45) is 2.80. The van der Waals surface area contributed by atoms with Crippen LogP contribution in [0.4, 0.5) is 0 Å². The summed E-state index contributed by atoms with van der Waals surface area (Å²) in [5.41, 5.74) is 2.21. The summed E-state index contributed by atoms with van der Waals surface area (Å²) in [5.74, 6) is 1.00. The van der Waals surface area contributed by atoms with E-state index in [0.29, 0.717) is 6.61 Å². The zero-order valence-electron chi connectivity index (χ0n) is 13.3. The van der Waals surface area contributed by atoms with Crippen LogP contribution >= 0.6 is 0 Å². The molecule has 0 aromatic heterocycles. The van der Waals surface area contributed by atoms with Crippen molar-refractivity contribution >= 4 is 0 Å². The number of aliphatic hydroxyl groups excluding tert-OH is 1. The topological polar surface area (TPSA) is 41.5 Å². The van der Waals surface area contributed by atoms with Gasteiger partial charge in [0.2, 0.25) is 0 Å². The second-order valence-corrected chi connectivity index (χ2v) is 5.50. The van der Waals surface area contributed by atoms with E-state index in [9.17, 15) is 5.11 Å². The van der Waals surface area contributed by atoms with Crippen LogP contribution in [0.25, 0.3) is 0 Å². The van der Waals surface area contributed by atoms with Crippen LogP contribution in [0.2, 0.25) is 0 Å². The SMILES string of the molecule is CCNC(CC)(CO)CCCOc1c(C)cccc1C. The van der Waals surface area contributed by atoms with Crippen LogP contribution < -0.4 is 10.1 Å². The van der Waals surface area contributed by atoms with Gasteiger partial charge in [-0.15, -0.1) is 0 Å². The Morgan fingerprint density at radius 1 is 1.20 bits per heavy atom. The van der Waals surface area contributed by atoms with E-state index in [4.69, 9.17) is 4.74 Å². The molecular weight excluding hydrogens is 250 g/mol. The predicted molar refractivity (Wildman–Crippen MR) is 84.4 cm³/mol. The summed E-state index contributed by atoms with van der Waals surface area (Å²) in [6, 6.07) is 6.20. The number of hydrogen-bond acceptors (Lipinski definition) is 3. The van der Waals surface area contributed by atoms with Crippen molar-refractivity contribution in [2.24, 2.45) is 0 Å². The van der Waals surface area contributed by atoms with Gasteiger partial charge >= 0.3 is 0 Å².